The van der Waals surface area contributed by atoms with Crippen molar-refractivity contribution in [2.75, 3.05) is 18.9 Å². The molecule has 2 rings (SSSR count). The maximum atomic E-state index is 13.0. The Morgan fingerprint density at radius 3 is 2.89 bits per heavy atom. The number of carbonyl (C=O) groups is 1. The molecular formula is C14H15FN2O2. The van der Waals surface area contributed by atoms with Crippen LogP contribution in [-0.4, -0.2) is 24.4 Å². The topological polar surface area (TPSA) is 45.5 Å². The lowest BCUT2D eigenvalue weighted by atomic mass is 10.3. The highest BCUT2D eigenvalue weighted by molar-refractivity contribution is 5.80. The number of carbonyl (C=O) groups excluding carboxylic acids is 1. The Hall–Kier alpha value is -2.30. The predicted molar refractivity (Wildman–Crippen MR) is 70.1 cm³/mol. The molecule has 1 amide bonds. The molecule has 0 spiro atoms. The fourth-order valence-corrected chi connectivity index (χ4v) is 1.64. The van der Waals surface area contributed by atoms with Gasteiger partial charge in [-0.3, -0.25) is 4.79 Å². The Bertz CT molecular complexity index is 540. The number of rotatable bonds is 5. The van der Waals surface area contributed by atoms with E-state index >= 15 is 0 Å². The number of hydrogen-bond donors (Lipinski definition) is 1. The van der Waals surface area contributed by atoms with Crippen molar-refractivity contribution < 1.29 is 13.6 Å². The van der Waals surface area contributed by atoms with Gasteiger partial charge in [-0.25, -0.2) is 4.39 Å². The van der Waals surface area contributed by atoms with Gasteiger partial charge in [-0.1, -0.05) is 6.07 Å². The van der Waals surface area contributed by atoms with Crippen molar-refractivity contribution in [1.82, 2.24) is 4.90 Å². The Labute approximate surface area is 110 Å². The second-order valence-corrected chi connectivity index (χ2v) is 4.19. The van der Waals surface area contributed by atoms with Gasteiger partial charge < -0.3 is 14.6 Å². The normalized spacial score (nSPS) is 10.2. The van der Waals surface area contributed by atoms with Crippen LogP contribution in [0, 0.1) is 5.82 Å². The van der Waals surface area contributed by atoms with Gasteiger partial charge >= 0.3 is 0 Å². The van der Waals surface area contributed by atoms with E-state index in [4.69, 9.17) is 4.42 Å². The number of nitrogens with one attached hydrogen (secondary N) is 1. The SMILES string of the molecule is CN(Cc1ccco1)C(=O)CNc1cccc(F)c1. The summed E-state index contributed by atoms with van der Waals surface area (Å²) in [5.41, 5.74) is 0.583. The molecular weight excluding hydrogens is 247 g/mol. The van der Waals surface area contributed by atoms with Gasteiger partial charge in [0.05, 0.1) is 19.4 Å². The Morgan fingerprint density at radius 1 is 1.37 bits per heavy atom. The largest absolute Gasteiger partial charge is 0.467 e. The Balaban J connectivity index is 1.84. The third kappa shape index (κ3) is 3.84. The molecule has 0 aliphatic heterocycles. The van der Waals surface area contributed by atoms with Crippen molar-refractivity contribution in [1.29, 1.82) is 0 Å². The highest BCUT2D eigenvalue weighted by Gasteiger charge is 2.10. The first kappa shape index (κ1) is 13.1. The second kappa shape index (κ2) is 6.04. The first-order valence-electron chi connectivity index (χ1n) is 5.91. The van der Waals surface area contributed by atoms with Crippen LogP contribution in [0.15, 0.2) is 47.1 Å². The van der Waals surface area contributed by atoms with Crippen LogP contribution >= 0.6 is 0 Å². The average molecular weight is 262 g/mol. The maximum Gasteiger partial charge on any atom is 0.242 e. The molecule has 0 aliphatic carbocycles. The van der Waals surface area contributed by atoms with E-state index in [2.05, 4.69) is 5.32 Å². The fraction of sp³-hybridized carbons (Fsp3) is 0.214. The van der Waals surface area contributed by atoms with Crippen molar-refractivity contribution >= 4 is 11.6 Å². The van der Waals surface area contributed by atoms with Gasteiger partial charge in [0, 0.05) is 12.7 Å². The summed E-state index contributed by atoms with van der Waals surface area (Å²) in [4.78, 5) is 13.4. The molecule has 1 aromatic heterocycles. The first-order chi connectivity index (χ1) is 9.15. The van der Waals surface area contributed by atoms with Gasteiger partial charge in [-0.05, 0) is 30.3 Å². The molecule has 1 aromatic carbocycles. The summed E-state index contributed by atoms with van der Waals surface area (Å²) in [6, 6.07) is 9.59. The minimum Gasteiger partial charge on any atom is -0.467 e. The van der Waals surface area contributed by atoms with E-state index in [9.17, 15) is 9.18 Å². The van der Waals surface area contributed by atoms with Crippen LogP contribution < -0.4 is 5.32 Å². The zero-order chi connectivity index (χ0) is 13.7. The van der Waals surface area contributed by atoms with Gasteiger partial charge in [0.2, 0.25) is 5.91 Å². The van der Waals surface area contributed by atoms with Gasteiger partial charge in [0.25, 0.3) is 0 Å². The molecule has 0 unspecified atom stereocenters. The maximum absolute atomic E-state index is 13.0. The molecule has 0 saturated carbocycles. The fourth-order valence-electron chi connectivity index (χ4n) is 1.64. The third-order valence-electron chi connectivity index (χ3n) is 2.67. The molecule has 0 fully saturated rings. The van der Waals surface area contributed by atoms with E-state index in [0.29, 0.717) is 12.2 Å². The minimum atomic E-state index is -0.332. The number of hydrogen-bond acceptors (Lipinski definition) is 3. The van der Waals surface area contributed by atoms with E-state index < -0.39 is 0 Å². The monoisotopic (exact) mass is 262 g/mol. The second-order valence-electron chi connectivity index (χ2n) is 4.19. The molecule has 100 valence electrons. The van der Waals surface area contributed by atoms with Crippen molar-refractivity contribution in [2.24, 2.45) is 0 Å². The van der Waals surface area contributed by atoms with Gasteiger partial charge in [-0.2, -0.15) is 0 Å². The molecule has 0 radical (unpaired) electrons. The smallest absolute Gasteiger partial charge is 0.242 e. The van der Waals surface area contributed by atoms with Gasteiger partial charge in [0.15, 0.2) is 0 Å². The van der Waals surface area contributed by atoms with E-state index in [0.717, 1.165) is 5.76 Å². The van der Waals surface area contributed by atoms with Crippen LogP contribution in [0.5, 0.6) is 0 Å². The molecule has 0 bridgehead atoms. The Morgan fingerprint density at radius 2 is 2.21 bits per heavy atom. The zero-order valence-corrected chi connectivity index (χ0v) is 10.6. The number of anilines is 1. The highest BCUT2D eigenvalue weighted by atomic mass is 19.1. The van der Waals surface area contributed by atoms with Crippen molar-refractivity contribution in [3.8, 4) is 0 Å². The summed E-state index contributed by atoms with van der Waals surface area (Å²) < 4.78 is 18.1. The number of amides is 1. The van der Waals surface area contributed by atoms with E-state index in [1.165, 1.54) is 12.1 Å². The molecule has 19 heavy (non-hydrogen) atoms. The summed E-state index contributed by atoms with van der Waals surface area (Å²) in [5, 5.41) is 2.88. The molecule has 0 aliphatic rings. The van der Waals surface area contributed by atoms with Gasteiger partial charge in [-0.15, -0.1) is 0 Å². The van der Waals surface area contributed by atoms with Crippen LogP contribution in [0.4, 0.5) is 10.1 Å². The van der Waals surface area contributed by atoms with E-state index in [-0.39, 0.29) is 18.3 Å². The summed E-state index contributed by atoms with van der Waals surface area (Å²) in [6.45, 7) is 0.525. The van der Waals surface area contributed by atoms with Crippen LogP contribution in [-0.2, 0) is 11.3 Å². The number of likely N-dealkylation sites (N-methyl/N-ethyl adjacent to an activating group) is 1. The lowest BCUT2D eigenvalue weighted by Crippen LogP contribution is -2.31. The van der Waals surface area contributed by atoms with Crippen molar-refractivity contribution in [3.63, 3.8) is 0 Å². The molecule has 2 aromatic rings. The Kier molecular flexibility index (Phi) is 4.18. The quantitative estimate of drug-likeness (QED) is 0.900. The number of benzene rings is 1. The molecule has 0 saturated heterocycles. The minimum absolute atomic E-state index is 0.0966. The third-order valence-corrected chi connectivity index (χ3v) is 2.67. The van der Waals surface area contributed by atoms with Crippen LogP contribution in [0.3, 0.4) is 0 Å². The predicted octanol–water partition coefficient (Wildman–Crippen LogP) is 2.49. The summed E-state index contributed by atoms with van der Waals surface area (Å²) in [7, 11) is 1.69. The van der Waals surface area contributed by atoms with Crippen LogP contribution in [0.1, 0.15) is 5.76 Å². The average Bonchev–Trinajstić information content (AvgIpc) is 2.89. The molecule has 0 atom stereocenters. The van der Waals surface area contributed by atoms with Gasteiger partial charge in [0.1, 0.15) is 11.6 Å². The first-order valence-corrected chi connectivity index (χ1v) is 5.91. The van der Waals surface area contributed by atoms with E-state index in [1.807, 2.05) is 6.07 Å². The van der Waals surface area contributed by atoms with Crippen LogP contribution in [0.2, 0.25) is 0 Å². The van der Waals surface area contributed by atoms with E-state index in [1.54, 1.807) is 36.4 Å². The summed E-state index contributed by atoms with van der Waals surface area (Å²) in [6.07, 6.45) is 1.57. The molecule has 5 heteroatoms. The highest BCUT2D eigenvalue weighted by Crippen LogP contribution is 2.09. The zero-order valence-electron chi connectivity index (χ0n) is 10.6. The van der Waals surface area contributed by atoms with Crippen LogP contribution in [0.25, 0.3) is 0 Å². The van der Waals surface area contributed by atoms with Crippen molar-refractivity contribution in [3.05, 3.63) is 54.2 Å². The lowest BCUT2D eigenvalue weighted by molar-refractivity contribution is -0.128. The standard InChI is InChI=1S/C14H15FN2O2/c1-17(10-13-6-3-7-19-13)14(18)9-16-12-5-2-4-11(15)8-12/h2-8,16H,9-10H2,1H3. The number of halogens is 1. The lowest BCUT2D eigenvalue weighted by Gasteiger charge is -2.16. The molecule has 4 nitrogen and oxygen atoms in total. The summed E-state index contributed by atoms with van der Waals surface area (Å²) in [5.74, 6) is 0.295. The number of furan rings is 1. The number of nitrogens with zero attached hydrogens (tertiary/aromatic N) is 1. The summed E-state index contributed by atoms with van der Waals surface area (Å²) >= 11 is 0. The van der Waals surface area contributed by atoms with Crippen molar-refractivity contribution in [2.45, 2.75) is 6.54 Å². The molecule has 1 heterocycles. The molecule has 1 N–H and O–H groups in total.